The number of hydrogen-bond acceptors (Lipinski definition) is 5. The van der Waals surface area contributed by atoms with Gasteiger partial charge in [0.25, 0.3) is 17.7 Å². The molecule has 3 amide bonds. The molecule has 1 N–H and O–H groups in total. The summed E-state index contributed by atoms with van der Waals surface area (Å²) in [5, 5.41) is 2.61. The van der Waals surface area contributed by atoms with Crippen LogP contribution in [0.5, 0.6) is 0 Å². The van der Waals surface area contributed by atoms with Gasteiger partial charge in [-0.3, -0.25) is 19.8 Å². The monoisotopic (exact) mass is 306 g/mol. The molecule has 2 bridgehead atoms. The minimum atomic E-state index is -0.422. The van der Waals surface area contributed by atoms with Crippen molar-refractivity contribution < 1.29 is 19.1 Å². The minimum absolute atomic E-state index is 0.165. The van der Waals surface area contributed by atoms with Crippen LogP contribution < -0.4 is 5.43 Å². The van der Waals surface area contributed by atoms with Gasteiger partial charge in [0, 0.05) is 10.3 Å². The number of nitrogens with one attached hydrogen (secondary N) is 1. The van der Waals surface area contributed by atoms with Gasteiger partial charge in [-0.05, 0) is 25.8 Å². The smallest absolute Gasteiger partial charge is 0.271 e. The van der Waals surface area contributed by atoms with Gasteiger partial charge in [0.05, 0.1) is 29.6 Å². The second-order valence-electron chi connectivity index (χ2n) is 5.74. The molecule has 1 aromatic rings. The van der Waals surface area contributed by atoms with Crippen molar-refractivity contribution in [1.82, 2.24) is 10.4 Å². The van der Waals surface area contributed by atoms with Crippen molar-refractivity contribution in [3.63, 3.8) is 0 Å². The van der Waals surface area contributed by atoms with Gasteiger partial charge in [0.2, 0.25) is 0 Å². The molecule has 21 heavy (non-hydrogen) atoms. The number of amides is 3. The largest absolute Gasteiger partial charge is 0.373 e. The first-order chi connectivity index (χ1) is 10.1. The fourth-order valence-electron chi connectivity index (χ4n) is 3.55. The number of carbonyl (C=O) groups is 3. The lowest BCUT2D eigenvalue weighted by molar-refractivity contribution is -0.145. The van der Waals surface area contributed by atoms with Crippen molar-refractivity contribution in [3.8, 4) is 0 Å². The fourth-order valence-corrected chi connectivity index (χ4v) is 4.23. The van der Waals surface area contributed by atoms with Crippen LogP contribution in [0.15, 0.2) is 11.4 Å². The van der Waals surface area contributed by atoms with E-state index in [1.54, 1.807) is 11.4 Å². The molecule has 6 nitrogen and oxygen atoms in total. The van der Waals surface area contributed by atoms with Gasteiger partial charge in [-0.1, -0.05) is 0 Å². The third-order valence-electron chi connectivity index (χ3n) is 4.49. The van der Waals surface area contributed by atoms with E-state index in [4.69, 9.17) is 4.74 Å². The van der Waals surface area contributed by atoms with E-state index < -0.39 is 17.7 Å². The van der Waals surface area contributed by atoms with E-state index in [9.17, 15) is 14.4 Å². The van der Waals surface area contributed by atoms with Crippen molar-refractivity contribution in [2.24, 2.45) is 11.8 Å². The molecule has 7 heteroatoms. The Balaban J connectivity index is 1.55. The van der Waals surface area contributed by atoms with E-state index >= 15 is 0 Å². The summed E-state index contributed by atoms with van der Waals surface area (Å²) < 4.78 is 5.64. The molecular weight excluding hydrogens is 292 g/mol. The second kappa shape index (κ2) is 4.38. The van der Waals surface area contributed by atoms with Crippen molar-refractivity contribution in [2.75, 3.05) is 0 Å². The highest BCUT2D eigenvalue weighted by atomic mass is 32.1. The maximum atomic E-state index is 12.4. The molecular formula is C14H14N2O4S. The lowest BCUT2D eigenvalue weighted by atomic mass is 9.81. The zero-order valence-corrected chi connectivity index (χ0v) is 12.2. The van der Waals surface area contributed by atoms with Crippen LogP contribution in [-0.2, 0) is 14.3 Å². The first-order valence-electron chi connectivity index (χ1n) is 6.95. The van der Waals surface area contributed by atoms with E-state index in [1.807, 2.05) is 6.92 Å². The number of ether oxygens (including phenoxy) is 1. The number of imide groups is 1. The molecule has 110 valence electrons. The Morgan fingerprint density at radius 1 is 1.29 bits per heavy atom. The number of hydrogen-bond donors (Lipinski definition) is 1. The zero-order chi connectivity index (χ0) is 14.7. The third-order valence-corrected chi connectivity index (χ3v) is 5.35. The van der Waals surface area contributed by atoms with Gasteiger partial charge in [0.15, 0.2) is 0 Å². The Morgan fingerprint density at radius 3 is 2.43 bits per heavy atom. The maximum Gasteiger partial charge on any atom is 0.271 e. The van der Waals surface area contributed by atoms with E-state index in [0.717, 1.165) is 22.7 Å². The molecule has 3 aliphatic rings. The molecule has 0 aromatic carbocycles. The standard InChI is InChI=1S/C14H14N2O4S/c1-6-4-7(5-21-6)12(17)15-16-13(18)10-8-2-3-9(20-8)11(10)14(16)19/h4-5,8-11H,2-3H2,1H3,(H,15,17)/t8-,9+,10-,11+. The molecule has 0 saturated carbocycles. The number of thiophene rings is 1. The van der Waals surface area contributed by atoms with Crippen LogP contribution in [0.3, 0.4) is 0 Å². The van der Waals surface area contributed by atoms with Crippen LogP contribution in [0.4, 0.5) is 0 Å². The van der Waals surface area contributed by atoms with Crippen LogP contribution in [0, 0.1) is 18.8 Å². The average molecular weight is 306 g/mol. The Bertz CT molecular complexity index is 627. The normalized spacial score (nSPS) is 33.7. The summed E-state index contributed by atoms with van der Waals surface area (Å²) in [6.07, 6.45) is 1.30. The highest BCUT2D eigenvalue weighted by molar-refractivity contribution is 7.10. The third kappa shape index (κ3) is 1.77. The van der Waals surface area contributed by atoms with Crippen molar-refractivity contribution in [2.45, 2.75) is 32.0 Å². The highest BCUT2D eigenvalue weighted by Gasteiger charge is 2.62. The minimum Gasteiger partial charge on any atom is -0.373 e. The zero-order valence-electron chi connectivity index (χ0n) is 11.4. The highest BCUT2D eigenvalue weighted by Crippen LogP contribution is 2.48. The average Bonchev–Trinajstić information content (AvgIpc) is 3.19. The predicted octanol–water partition coefficient (Wildman–Crippen LogP) is 0.864. The van der Waals surface area contributed by atoms with Crippen molar-refractivity contribution in [3.05, 3.63) is 21.9 Å². The lowest BCUT2D eigenvalue weighted by Gasteiger charge is -2.17. The van der Waals surface area contributed by atoms with E-state index in [1.165, 1.54) is 11.3 Å². The Kier molecular flexibility index (Phi) is 2.71. The van der Waals surface area contributed by atoms with Gasteiger partial charge in [-0.15, -0.1) is 11.3 Å². The van der Waals surface area contributed by atoms with Crippen LogP contribution in [0.2, 0.25) is 0 Å². The van der Waals surface area contributed by atoms with Crippen LogP contribution in [0.1, 0.15) is 28.1 Å². The predicted molar refractivity (Wildman–Crippen MR) is 73.3 cm³/mol. The number of hydrazine groups is 1. The van der Waals surface area contributed by atoms with Gasteiger partial charge in [0.1, 0.15) is 0 Å². The molecule has 3 saturated heterocycles. The molecule has 3 aliphatic heterocycles. The van der Waals surface area contributed by atoms with Gasteiger partial charge in [-0.2, -0.15) is 5.01 Å². The number of fused-ring (bicyclic) bond motifs is 5. The number of aryl methyl sites for hydroxylation is 1. The van der Waals surface area contributed by atoms with E-state index in [0.29, 0.717) is 5.56 Å². The Hall–Kier alpha value is -1.73. The van der Waals surface area contributed by atoms with Crippen LogP contribution in [0.25, 0.3) is 0 Å². The molecule has 3 fully saturated rings. The summed E-state index contributed by atoms with van der Waals surface area (Å²) in [6.45, 7) is 1.90. The lowest BCUT2D eigenvalue weighted by Crippen LogP contribution is -2.47. The molecule has 4 heterocycles. The fraction of sp³-hybridized carbons (Fsp3) is 0.500. The van der Waals surface area contributed by atoms with Crippen LogP contribution >= 0.6 is 11.3 Å². The van der Waals surface area contributed by atoms with Gasteiger partial charge >= 0.3 is 0 Å². The first kappa shape index (κ1) is 13.0. The molecule has 0 radical (unpaired) electrons. The van der Waals surface area contributed by atoms with Crippen molar-refractivity contribution >= 4 is 29.1 Å². The van der Waals surface area contributed by atoms with E-state index in [2.05, 4.69) is 5.43 Å². The summed E-state index contributed by atoms with van der Waals surface area (Å²) in [5.41, 5.74) is 2.92. The summed E-state index contributed by atoms with van der Waals surface area (Å²) in [6, 6.07) is 1.73. The summed E-state index contributed by atoms with van der Waals surface area (Å²) >= 11 is 1.45. The van der Waals surface area contributed by atoms with Gasteiger partial charge in [-0.25, -0.2) is 0 Å². The summed E-state index contributed by atoms with van der Waals surface area (Å²) in [4.78, 5) is 37.9. The number of carbonyl (C=O) groups excluding carboxylic acids is 3. The van der Waals surface area contributed by atoms with E-state index in [-0.39, 0.29) is 24.0 Å². The first-order valence-corrected chi connectivity index (χ1v) is 7.83. The molecule has 0 aliphatic carbocycles. The Morgan fingerprint density at radius 2 is 1.90 bits per heavy atom. The maximum absolute atomic E-state index is 12.4. The molecule has 1 aromatic heterocycles. The number of rotatable bonds is 2. The van der Waals surface area contributed by atoms with Crippen molar-refractivity contribution in [1.29, 1.82) is 0 Å². The molecule has 4 rings (SSSR count). The Labute approximate surface area is 125 Å². The second-order valence-corrected chi connectivity index (χ2v) is 6.86. The molecule has 0 spiro atoms. The van der Waals surface area contributed by atoms with Crippen LogP contribution in [-0.4, -0.2) is 34.9 Å². The SMILES string of the molecule is Cc1cc(C(=O)NN2C(=O)[C@@H]3[C@H](C2=O)[C@H]2CC[C@@H]3O2)cs1. The summed E-state index contributed by atoms with van der Waals surface area (Å²) in [7, 11) is 0. The quantitative estimate of drug-likeness (QED) is 0.822. The van der Waals surface area contributed by atoms with Gasteiger partial charge < -0.3 is 4.74 Å². The molecule has 0 unspecified atom stereocenters. The topological polar surface area (TPSA) is 75.7 Å². The summed E-state index contributed by atoms with van der Waals surface area (Å²) in [5.74, 6) is -1.93. The number of nitrogens with zero attached hydrogens (tertiary/aromatic N) is 1. The molecule has 4 atom stereocenters.